The number of nitrogens with zero attached hydrogens (tertiary/aromatic N) is 2. The maximum Gasteiger partial charge on any atom is 0.126 e. The summed E-state index contributed by atoms with van der Waals surface area (Å²) in [5.41, 5.74) is 0.828. The van der Waals surface area contributed by atoms with E-state index in [1.54, 1.807) is 0 Å². The fraction of sp³-hybridized carbons (Fsp3) is 0.636. The molecular formula is C11H15N3. The van der Waals surface area contributed by atoms with Crippen LogP contribution in [0, 0.1) is 11.3 Å². The molecule has 0 aromatic carbocycles. The van der Waals surface area contributed by atoms with Gasteiger partial charge in [0.15, 0.2) is 0 Å². The Kier molecular flexibility index (Phi) is 2.07. The summed E-state index contributed by atoms with van der Waals surface area (Å²) < 4.78 is 0. The first-order chi connectivity index (χ1) is 6.68. The molecule has 0 saturated heterocycles. The van der Waals surface area contributed by atoms with Crippen LogP contribution >= 0.6 is 0 Å². The van der Waals surface area contributed by atoms with E-state index in [0.717, 1.165) is 30.8 Å². The molecule has 1 aromatic rings. The highest BCUT2D eigenvalue weighted by atomic mass is 14.9. The van der Waals surface area contributed by atoms with Crippen LogP contribution in [0.25, 0.3) is 0 Å². The minimum atomic E-state index is -0.298. The average Bonchev–Trinajstić information content (AvgIpc) is 2.52. The molecule has 1 fully saturated rings. The van der Waals surface area contributed by atoms with Crippen molar-refractivity contribution in [3.05, 3.63) is 17.7 Å². The molecular weight excluding hydrogens is 174 g/mol. The Hall–Kier alpha value is -1.30. The van der Waals surface area contributed by atoms with Crippen molar-refractivity contribution in [1.29, 1.82) is 5.26 Å². The Bertz CT molecular complexity index is 366. The smallest absolute Gasteiger partial charge is 0.126 e. The lowest BCUT2D eigenvalue weighted by molar-refractivity contribution is 0.309. The maximum atomic E-state index is 9.13. The lowest BCUT2D eigenvalue weighted by Gasteiger charge is -2.32. The molecule has 0 bridgehead atoms. The summed E-state index contributed by atoms with van der Waals surface area (Å²) >= 11 is 0. The Morgan fingerprint density at radius 2 is 2.29 bits per heavy atom. The lowest BCUT2D eigenvalue weighted by atomic mass is 9.69. The fourth-order valence-electron chi connectivity index (χ4n) is 1.80. The Morgan fingerprint density at radius 3 is 2.64 bits per heavy atom. The van der Waals surface area contributed by atoms with E-state index in [4.69, 9.17) is 5.26 Å². The highest BCUT2D eigenvalue weighted by molar-refractivity contribution is 5.26. The van der Waals surface area contributed by atoms with Crippen molar-refractivity contribution in [2.24, 2.45) is 0 Å². The van der Waals surface area contributed by atoms with E-state index in [1.807, 2.05) is 6.20 Å². The number of aromatic nitrogens is 2. The van der Waals surface area contributed by atoms with Crippen LogP contribution in [0.3, 0.4) is 0 Å². The van der Waals surface area contributed by atoms with Gasteiger partial charge in [0, 0.05) is 11.9 Å². The molecule has 1 heterocycles. The zero-order valence-corrected chi connectivity index (χ0v) is 8.67. The first-order valence-electron chi connectivity index (χ1n) is 5.14. The molecule has 0 atom stereocenters. The van der Waals surface area contributed by atoms with Crippen molar-refractivity contribution in [2.75, 3.05) is 0 Å². The quantitative estimate of drug-likeness (QED) is 0.777. The Balaban J connectivity index is 2.29. The van der Waals surface area contributed by atoms with Crippen LogP contribution in [0.15, 0.2) is 6.20 Å². The summed E-state index contributed by atoms with van der Waals surface area (Å²) in [6.07, 6.45) is 4.91. The molecule has 0 amide bonds. The molecule has 3 nitrogen and oxygen atoms in total. The molecule has 3 heteroatoms. The van der Waals surface area contributed by atoms with Gasteiger partial charge >= 0.3 is 0 Å². The molecule has 1 aromatic heterocycles. The highest BCUT2D eigenvalue weighted by Crippen LogP contribution is 2.41. The van der Waals surface area contributed by atoms with Crippen molar-refractivity contribution in [1.82, 2.24) is 9.97 Å². The fourth-order valence-corrected chi connectivity index (χ4v) is 1.80. The molecule has 14 heavy (non-hydrogen) atoms. The summed E-state index contributed by atoms with van der Waals surface area (Å²) in [5, 5.41) is 9.13. The highest BCUT2D eigenvalue weighted by Gasteiger charge is 2.41. The van der Waals surface area contributed by atoms with Gasteiger partial charge in [0.05, 0.1) is 6.07 Å². The summed E-state index contributed by atoms with van der Waals surface area (Å²) in [5.74, 6) is 1.32. The molecule has 1 aliphatic rings. The Morgan fingerprint density at radius 1 is 1.57 bits per heavy atom. The number of nitriles is 1. The van der Waals surface area contributed by atoms with E-state index in [0.29, 0.717) is 5.92 Å². The van der Waals surface area contributed by atoms with Crippen LogP contribution in [0.2, 0.25) is 0 Å². The van der Waals surface area contributed by atoms with E-state index in [-0.39, 0.29) is 5.41 Å². The van der Waals surface area contributed by atoms with E-state index in [1.165, 1.54) is 0 Å². The van der Waals surface area contributed by atoms with Crippen molar-refractivity contribution >= 4 is 0 Å². The number of aromatic amines is 1. The van der Waals surface area contributed by atoms with E-state index in [2.05, 4.69) is 29.9 Å². The topological polar surface area (TPSA) is 52.5 Å². The van der Waals surface area contributed by atoms with Gasteiger partial charge in [-0.2, -0.15) is 5.26 Å². The predicted octanol–water partition coefficient (Wildman–Crippen LogP) is 2.48. The average molecular weight is 189 g/mol. The van der Waals surface area contributed by atoms with Gasteiger partial charge < -0.3 is 4.98 Å². The third-order valence-corrected chi connectivity index (χ3v) is 3.09. The van der Waals surface area contributed by atoms with Gasteiger partial charge in [0.1, 0.15) is 11.2 Å². The SMILES string of the molecule is CC(C)c1cnc(C2(C#N)CCC2)[nH]1. The van der Waals surface area contributed by atoms with Gasteiger partial charge in [-0.05, 0) is 25.2 Å². The van der Waals surface area contributed by atoms with Gasteiger partial charge in [0.25, 0.3) is 0 Å². The second-order valence-electron chi connectivity index (χ2n) is 4.39. The van der Waals surface area contributed by atoms with E-state index >= 15 is 0 Å². The van der Waals surface area contributed by atoms with Crippen LogP contribution in [-0.4, -0.2) is 9.97 Å². The number of H-pyrrole nitrogens is 1. The molecule has 1 aliphatic carbocycles. The monoisotopic (exact) mass is 189 g/mol. The number of imidazole rings is 1. The predicted molar refractivity (Wildman–Crippen MR) is 53.8 cm³/mol. The molecule has 2 rings (SSSR count). The first kappa shape index (κ1) is 9.26. The molecule has 1 saturated carbocycles. The van der Waals surface area contributed by atoms with Crippen LogP contribution in [-0.2, 0) is 5.41 Å². The van der Waals surface area contributed by atoms with Crippen molar-refractivity contribution in [3.8, 4) is 6.07 Å². The standard InChI is InChI=1S/C11H15N3/c1-8(2)9-6-13-10(14-9)11(7-12)4-3-5-11/h6,8H,3-5H2,1-2H3,(H,13,14). The third kappa shape index (κ3) is 1.22. The molecule has 0 unspecified atom stereocenters. The summed E-state index contributed by atoms with van der Waals surface area (Å²) in [7, 11) is 0. The van der Waals surface area contributed by atoms with Crippen LogP contribution in [0.4, 0.5) is 0 Å². The number of nitrogens with one attached hydrogen (secondary N) is 1. The maximum absolute atomic E-state index is 9.13. The van der Waals surface area contributed by atoms with Crippen LogP contribution < -0.4 is 0 Å². The minimum Gasteiger partial charge on any atom is -0.344 e. The van der Waals surface area contributed by atoms with Gasteiger partial charge in [-0.25, -0.2) is 4.98 Å². The summed E-state index contributed by atoms with van der Waals surface area (Å²) in [6.45, 7) is 4.24. The van der Waals surface area contributed by atoms with Crippen LogP contribution in [0.1, 0.15) is 50.5 Å². The van der Waals surface area contributed by atoms with E-state index < -0.39 is 0 Å². The van der Waals surface area contributed by atoms with Gasteiger partial charge in [-0.15, -0.1) is 0 Å². The van der Waals surface area contributed by atoms with Crippen LogP contribution in [0.5, 0.6) is 0 Å². The van der Waals surface area contributed by atoms with Gasteiger partial charge in [-0.3, -0.25) is 0 Å². The third-order valence-electron chi connectivity index (χ3n) is 3.09. The van der Waals surface area contributed by atoms with Gasteiger partial charge in [0.2, 0.25) is 0 Å². The lowest BCUT2D eigenvalue weighted by Crippen LogP contribution is -2.33. The minimum absolute atomic E-state index is 0.298. The number of hydrogen-bond acceptors (Lipinski definition) is 2. The molecule has 0 radical (unpaired) electrons. The Labute approximate surface area is 84.2 Å². The number of rotatable bonds is 2. The molecule has 0 aliphatic heterocycles. The summed E-state index contributed by atoms with van der Waals surface area (Å²) in [4.78, 5) is 7.60. The molecule has 0 spiro atoms. The normalized spacial score (nSPS) is 19.0. The van der Waals surface area contributed by atoms with E-state index in [9.17, 15) is 0 Å². The van der Waals surface area contributed by atoms with Gasteiger partial charge in [-0.1, -0.05) is 13.8 Å². The van der Waals surface area contributed by atoms with Crippen molar-refractivity contribution < 1.29 is 0 Å². The zero-order valence-electron chi connectivity index (χ0n) is 8.67. The zero-order chi connectivity index (χ0) is 10.2. The second kappa shape index (κ2) is 3.13. The van der Waals surface area contributed by atoms with Crippen molar-refractivity contribution in [2.45, 2.75) is 44.4 Å². The first-order valence-corrected chi connectivity index (χ1v) is 5.14. The largest absolute Gasteiger partial charge is 0.344 e. The van der Waals surface area contributed by atoms with Crippen molar-refractivity contribution in [3.63, 3.8) is 0 Å². The molecule has 1 N–H and O–H groups in total. The number of hydrogen-bond donors (Lipinski definition) is 1. The summed E-state index contributed by atoms with van der Waals surface area (Å²) in [6, 6.07) is 2.39. The molecule has 74 valence electrons. The second-order valence-corrected chi connectivity index (χ2v) is 4.39.